The Morgan fingerprint density at radius 3 is 2.22 bits per heavy atom. The van der Waals surface area contributed by atoms with Gasteiger partial charge in [0, 0.05) is 18.1 Å². The van der Waals surface area contributed by atoms with E-state index in [1.165, 1.54) is 24.3 Å². The zero-order valence-electron chi connectivity index (χ0n) is 20.5. The van der Waals surface area contributed by atoms with Gasteiger partial charge >= 0.3 is 6.36 Å². The molecule has 2 aliphatic heterocycles. The predicted octanol–water partition coefficient (Wildman–Crippen LogP) is 4.22. The first kappa shape index (κ1) is 25.6. The normalized spacial score (nSPS) is 24.9. The number of hydrogen-bond acceptors (Lipinski definition) is 4. The van der Waals surface area contributed by atoms with Gasteiger partial charge in [0.1, 0.15) is 11.8 Å². The minimum absolute atomic E-state index is 0.0617. The number of nitrogens with zero attached hydrogens (tertiary/aromatic N) is 1. The number of amides is 2. The second kappa shape index (κ2) is 10.0. The molecule has 2 amide bonds. The molecule has 2 aromatic rings. The van der Waals surface area contributed by atoms with E-state index in [-0.39, 0.29) is 35.7 Å². The topological polar surface area (TPSA) is 84.7 Å². The number of alkyl halides is 3. The molecule has 3 fully saturated rings. The number of piperidine rings is 1. The highest BCUT2D eigenvalue weighted by Crippen LogP contribution is 2.49. The monoisotopic (exact) mass is 515 g/mol. The van der Waals surface area contributed by atoms with Gasteiger partial charge in [0.2, 0.25) is 11.8 Å². The van der Waals surface area contributed by atoms with E-state index in [0.29, 0.717) is 31.2 Å². The summed E-state index contributed by atoms with van der Waals surface area (Å²) in [6, 6.07) is 14.9. The van der Waals surface area contributed by atoms with E-state index in [1.807, 2.05) is 35.2 Å². The number of nitrogens with one attached hydrogen (secondary N) is 1. The van der Waals surface area contributed by atoms with Crippen molar-refractivity contribution in [2.24, 2.45) is 5.73 Å². The Morgan fingerprint density at radius 1 is 1.03 bits per heavy atom. The van der Waals surface area contributed by atoms with E-state index in [4.69, 9.17) is 5.73 Å². The largest absolute Gasteiger partial charge is 0.573 e. The van der Waals surface area contributed by atoms with E-state index >= 15 is 0 Å². The molecule has 2 bridgehead atoms. The number of halogens is 3. The maximum absolute atomic E-state index is 13.8. The van der Waals surface area contributed by atoms with Crippen LogP contribution in [0.25, 0.3) is 0 Å². The molecule has 198 valence electrons. The first-order valence-electron chi connectivity index (χ1n) is 12.9. The zero-order valence-corrected chi connectivity index (χ0v) is 20.5. The number of nitrogens with two attached hydrogens (primary N) is 1. The standard InChI is InChI=1S/C28H32F3N3O3/c29-28(30,31)37-23-11-7-19(8-12-23)27(14-15-27)26(36)33-24(13-6-18-4-2-1-3-5-18)25(35)34-21-9-10-22(34)17-20(32)16-21/h1-5,7-8,11-12,20-22,24H,6,9-10,13-17,32H2,(H,33,36). The molecule has 2 saturated heterocycles. The van der Waals surface area contributed by atoms with Crippen LogP contribution in [-0.2, 0) is 21.4 Å². The number of ether oxygens (including phenoxy) is 1. The third kappa shape index (κ3) is 5.61. The Labute approximate surface area is 214 Å². The molecule has 37 heavy (non-hydrogen) atoms. The number of carbonyl (C=O) groups excluding carboxylic acids is 2. The van der Waals surface area contributed by atoms with Crippen molar-refractivity contribution in [3.8, 4) is 5.75 Å². The van der Waals surface area contributed by atoms with E-state index in [1.54, 1.807) is 0 Å². The summed E-state index contributed by atoms with van der Waals surface area (Å²) in [5.41, 5.74) is 7.07. The molecule has 3 aliphatic rings. The number of benzene rings is 2. The fraction of sp³-hybridized carbons (Fsp3) is 0.500. The molecule has 9 heteroatoms. The van der Waals surface area contributed by atoms with Gasteiger partial charge in [-0.25, -0.2) is 0 Å². The summed E-state index contributed by atoms with van der Waals surface area (Å²) in [4.78, 5) is 29.4. The van der Waals surface area contributed by atoms with Gasteiger partial charge in [-0.05, 0) is 74.6 Å². The average molecular weight is 516 g/mol. The van der Waals surface area contributed by atoms with Gasteiger partial charge in [0.05, 0.1) is 5.41 Å². The maximum Gasteiger partial charge on any atom is 0.573 e. The molecule has 3 atom stereocenters. The van der Waals surface area contributed by atoms with Crippen molar-refractivity contribution >= 4 is 11.8 Å². The fourth-order valence-electron chi connectivity index (χ4n) is 6.02. The molecule has 2 aromatic carbocycles. The summed E-state index contributed by atoms with van der Waals surface area (Å²) in [5, 5.41) is 3.05. The van der Waals surface area contributed by atoms with Crippen molar-refractivity contribution < 1.29 is 27.5 Å². The van der Waals surface area contributed by atoms with Gasteiger partial charge in [-0.1, -0.05) is 42.5 Å². The molecule has 3 unspecified atom stereocenters. The van der Waals surface area contributed by atoms with E-state index in [2.05, 4.69) is 10.1 Å². The van der Waals surface area contributed by atoms with Crippen LogP contribution in [0.2, 0.25) is 0 Å². The third-order valence-corrected chi connectivity index (χ3v) is 8.02. The molecular weight excluding hydrogens is 483 g/mol. The second-order valence-corrected chi connectivity index (χ2v) is 10.6. The SMILES string of the molecule is NC1CC2CCC(C1)N2C(=O)C(CCc1ccccc1)NC(=O)C1(c2ccc(OC(F)(F)F)cc2)CC1. The Morgan fingerprint density at radius 2 is 1.65 bits per heavy atom. The number of hydrogen-bond donors (Lipinski definition) is 2. The smallest absolute Gasteiger partial charge is 0.406 e. The van der Waals surface area contributed by atoms with Gasteiger partial charge in [-0.15, -0.1) is 13.2 Å². The maximum atomic E-state index is 13.8. The lowest BCUT2D eigenvalue weighted by Gasteiger charge is -2.40. The van der Waals surface area contributed by atoms with Crippen LogP contribution < -0.4 is 15.8 Å². The summed E-state index contributed by atoms with van der Waals surface area (Å²) < 4.78 is 41.6. The lowest BCUT2D eigenvalue weighted by atomic mass is 9.93. The van der Waals surface area contributed by atoms with Crippen LogP contribution >= 0.6 is 0 Å². The minimum Gasteiger partial charge on any atom is -0.406 e. The first-order valence-corrected chi connectivity index (χ1v) is 12.9. The van der Waals surface area contributed by atoms with Crippen molar-refractivity contribution in [1.82, 2.24) is 10.2 Å². The van der Waals surface area contributed by atoms with Gasteiger partial charge in [-0.3, -0.25) is 9.59 Å². The van der Waals surface area contributed by atoms with Crippen LogP contribution in [0.15, 0.2) is 54.6 Å². The highest BCUT2D eigenvalue weighted by molar-refractivity contribution is 5.95. The number of rotatable bonds is 8. The molecule has 1 saturated carbocycles. The summed E-state index contributed by atoms with van der Waals surface area (Å²) in [5.74, 6) is -0.653. The van der Waals surface area contributed by atoms with Crippen LogP contribution in [0.4, 0.5) is 13.2 Å². The number of aryl methyl sites for hydroxylation is 1. The summed E-state index contributed by atoms with van der Waals surface area (Å²) in [7, 11) is 0. The summed E-state index contributed by atoms with van der Waals surface area (Å²) in [6.45, 7) is 0. The zero-order chi connectivity index (χ0) is 26.2. The van der Waals surface area contributed by atoms with E-state index < -0.39 is 17.8 Å². The molecule has 3 N–H and O–H groups in total. The predicted molar refractivity (Wildman–Crippen MR) is 132 cm³/mol. The molecular formula is C28H32F3N3O3. The number of fused-ring (bicyclic) bond motifs is 2. The average Bonchev–Trinajstić information content (AvgIpc) is 3.62. The van der Waals surface area contributed by atoms with Crippen LogP contribution in [0.3, 0.4) is 0 Å². The molecule has 0 radical (unpaired) electrons. The van der Waals surface area contributed by atoms with E-state index in [9.17, 15) is 22.8 Å². The van der Waals surface area contributed by atoms with Crippen molar-refractivity contribution in [3.05, 3.63) is 65.7 Å². The second-order valence-electron chi connectivity index (χ2n) is 10.6. The van der Waals surface area contributed by atoms with Gasteiger partial charge in [-0.2, -0.15) is 0 Å². The van der Waals surface area contributed by atoms with Crippen LogP contribution in [-0.4, -0.2) is 47.2 Å². The Kier molecular flexibility index (Phi) is 6.91. The first-order chi connectivity index (χ1) is 17.6. The van der Waals surface area contributed by atoms with Crippen molar-refractivity contribution in [3.63, 3.8) is 0 Å². The lowest BCUT2D eigenvalue weighted by molar-refractivity contribution is -0.274. The number of carbonyl (C=O) groups is 2. The molecule has 0 spiro atoms. The summed E-state index contributed by atoms with van der Waals surface area (Å²) in [6.07, 6.45) is 0.876. The fourth-order valence-corrected chi connectivity index (χ4v) is 6.02. The van der Waals surface area contributed by atoms with E-state index in [0.717, 1.165) is 31.2 Å². The molecule has 1 aliphatic carbocycles. The van der Waals surface area contributed by atoms with Gasteiger partial charge in [0.25, 0.3) is 0 Å². The van der Waals surface area contributed by atoms with Gasteiger partial charge < -0.3 is 20.7 Å². The van der Waals surface area contributed by atoms with Crippen LogP contribution in [0, 0.1) is 0 Å². The highest BCUT2D eigenvalue weighted by atomic mass is 19.4. The minimum atomic E-state index is -4.78. The van der Waals surface area contributed by atoms with Crippen molar-refractivity contribution in [2.45, 2.75) is 87.3 Å². The Balaban J connectivity index is 1.32. The van der Waals surface area contributed by atoms with Crippen molar-refractivity contribution in [2.75, 3.05) is 0 Å². The Bertz CT molecular complexity index is 1100. The molecule has 6 nitrogen and oxygen atoms in total. The van der Waals surface area contributed by atoms with Gasteiger partial charge in [0.15, 0.2) is 0 Å². The quantitative estimate of drug-likeness (QED) is 0.552. The molecule has 5 rings (SSSR count). The molecule has 2 heterocycles. The van der Waals surface area contributed by atoms with Crippen LogP contribution in [0.5, 0.6) is 5.75 Å². The lowest BCUT2D eigenvalue weighted by Crippen LogP contribution is -2.57. The summed E-state index contributed by atoms with van der Waals surface area (Å²) >= 11 is 0. The third-order valence-electron chi connectivity index (χ3n) is 8.02. The highest BCUT2D eigenvalue weighted by Gasteiger charge is 2.52. The van der Waals surface area contributed by atoms with Crippen molar-refractivity contribution in [1.29, 1.82) is 0 Å². The Hall–Kier alpha value is -3.07. The molecule has 0 aromatic heterocycles. The van der Waals surface area contributed by atoms with Crippen LogP contribution in [0.1, 0.15) is 56.1 Å².